The first kappa shape index (κ1) is 25.8. The number of aromatic nitrogens is 5. The standard InChI is InChI=1S/C32H27FN6O4/c1-42-24-12-20(11-19-3-2-10-34-27(19)24)30(40)35-15-32(41,21-6-7-21)25-13-23-29(28(38-25)18-4-8-22(33)9-5-18)43-26-14-31(23,26)39-16-36-37-17-39/h2-5,8-13,16-17,21,26,41H,6-7,14-15H2,1H3,(H,35,40)/t26?,31-,32?/m1/s1. The summed E-state index contributed by atoms with van der Waals surface area (Å²) in [6, 6.07) is 15.0. The molecule has 216 valence electrons. The number of hydrogen-bond acceptors (Lipinski definition) is 8. The lowest BCUT2D eigenvalue weighted by atomic mass is 9.89. The molecular formula is C32H27FN6O4. The summed E-state index contributed by atoms with van der Waals surface area (Å²) in [7, 11) is 1.54. The minimum atomic E-state index is -1.46. The lowest BCUT2D eigenvalue weighted by Crippen LogP contribution is -2.43. The molecule has 3 aromatic heterocycles. The lowest BCUT2D eigenvalue weighted by molar-refractivity contribution is 0.00945. The van der Waals surface area contributed by atoms with E-state index in [-0.39, 0.29) is 30.3 Å². The van der Waals surface area contributed by atoms with Crippen LogP contribution in [0.5, 0.6) is 11.5 Å². The van der Waals surface area contributed by atoms with Crippen molar-refractivity contribution in [3.63, 3.8) is 0 Å². The molecule has 5 aromatic rings. The van der Waals surface area contributed by atoms with Crippen molar-refractivity contribution in [3.05, 3.63) is 96.1 Å². The minimum absolute atomic E-state index is 0.0531. The van der Waals surface area contributed by atoms with Gasteiger partial charge in [-0.05, 0) is 67.3 Å². The molecule has 0 radical (unpaired) electrons. The third-order valence-corrected chi connectivity index (χ3v) is 8.93. The highest BCUT2D eigenvalue weighted by Crippen LogP contribution is 2.62. The average molecular weight is 579 g/mol. The number of nitrogens with one attached hydrogen (secondary N) is 1. The van der Waals surface area contributed by atoms with Crippen LogP contribution in [0.15, 0.2) is 73.4 Å². The van der Waals surface area contributed by atoms with Crippen molar-refractivity contribution in [3.8, 4) is 22.8 Å². The molecule has 3 atom stereocenters. The second-order valence-corrected chi connectivity index (χ2v) is 11.5. The smallest absolute Gasteiger partial charge is 0.251 e. The SMILES string of the molecule is COc1cc(C(=O)NCC(O)(c2cc3c(c(-c4ccc(F)cc4)n2)OC2C[C@@]32n2cnnc2)C2CC2)cc2cccnc12. The molecule has 4 heterocycles. The fourth-order valence-corrected chi connectivity index (χ4v) is 6.37. The largest absolute Gasteiger partial charge is 0.494 e. The predicted molar refractivity (Wildman–Crippen MR) is 153 cm³/mol. The van der Waals surface area contributed by atoms with Crippen LogP contribution in [-0.2, 0) is 11.1 Å². The number of fused-ring (bicyclic) bond motifs is 4. The summed E-state index contributed by atoms with van der Waals surface area (Å²) in [5.41, 5.74) is 1.55. The molecule has 11 heteroatoms. The molecule has 2 saturated carbocycles. The van der Waals surface area contributed by atoms with Gasteiger partial charge in [-0.15, -0.1) is 10.2 Å². The number of hydrogen-bond donors (Lipinski definition) is 2. The highest BCUT2D eigenvalue weighted by atomic mass is 19.1. The Morgan fingerprint density at radius 2 is 1.98 bits per heavy atom. The van der Waals surface area contributed by atoms with Crippen molar-refractivity contribution < 1.29 is 23.8 Å². The van der Waals surface area contributed by atoms with Crippen molar-refractivity contribution in [2.45, 2.75) is 36.5 Å². The Balaban J connectivity index is 1.19. The number of benzene rings is 2. The molecule has 2 N–H and O–H groups in total. The van der Waals surface area contributed by atoms with Gasteiger partial charge in [0.25, 0.3) is 5.91 Å². The van der Waals surface area contributed by atoms with E-state index in [0.29, 0.717) is 39.5 Å². The third-order valence-electron chi connectivity index (χ3n) is 8.93. The maximum absolute atomic E-state index is 13.9. The molecule has 2 fully saturated rings. The summed E-state index contributed by atoms with van der Waals surface area (Å²) in [6.45, 7) is -0.0531. The molecule has 1 aliphatic heterocycles. The van der Waals surface area contributed by atoms with Crippen LogP contribution in [0.3, 0.4) is 0 Å². The van der Waals surface area contributed by atoms with Crippen molar-refractivity contribution in [2.75, 3.05) is 13.7 Å². The zero-order chi connectivity index (χ0) is 29.3. The van der Waals surface area contributed by atoms with E-state index >= 15 is 0 Å². The number of aliphatic hydroxyl groups is 1. The first-order valence-electron chi connectivity index (χ1n) is 14.2. The van der Waals surface area contributed by atoms with E-state index in [1.807, 2.05) is 16.7 Å². The number of amides is 1. The van der Waals surface area contributed by atoms with Crippen molar-refractivity contribution in [2.24, 2.45) is 5.92 Å². The Hall–Kier alpha value is -4.90. The van der Waals surface area contributed by atoms with Gasteiger partial charge in [0.05, 0.1) is 19.3 Å². The zero-order valence-corrected chi connectivity index (χ0v) is 23.2. The van der Waals surface area contributed by atoms with E-state index < -0.39 is 11.1 Å². The van der Waals surface area contributed by atoms with Crippen molar-refractivity contribution in [1.29, 1.82) is 0 Å². The van der Waals surface area contributed by atoms with Gasteiger partial charge in [-0.2, -0.15) is 0 Å². The second kappa shape index (κ2) is 9.30. The summed E-state index contributed by atoms with van der Waals surface area (Å²) in [5.74, 6) is 0.273. The Bertz CT molecular complexity index is 1890. The monoisotopic (exact) mass is 578 g/mol. The Kier molecular flexibility index (Phi) is 5.58. The molecule has 0 bridgehead atoms. The first-order chi connectivity index (χ1) is 20.9. The summed E-state index contributed by atoms with van der Waals surface area (Å²) in [5, 5.41) is 24.1. The van der Waals surface area contributed by atoms with Gasteiger partial charge in [0, 0.05) is 34.7 Å². The van der Waals surface area contributed by atoms with Gasteiger partial charge in [0.1, 0.15) is 52.7 Å². The van der Waals surface area contributed by atoms with E-state index in [1.54, 1.807) is 49.2 Å². The van der Waals surface area contributed by atoms with Crippen LogP contribution in [0.1, 0.15) is 40.9 Å². The number of carbonyl (C=O) groups excluding carboxylic acids is 1. The van der Waals surface area contributed by atoms with Gasteiger partial charge in [-0.1, -0.05) is 6.07 Å². The predicted octanol–water partition coefficient (Wildman–Crippen LogP) is 3.97. The number of carbonyl (C=O) groups is 1. The number of pyridine rings is 2. The fraction of sp³-hybridized carbons (Fsp3) is 0.281. The van der Waals surface area contributed by atoms with Crippen LogP contribution >= 0.6 is 0 Å². The molecule has 2 aromatic carbocycles. The number of halogens is 1. The molecule has 0 spiro atoms. The van der Waals surface area contributed by atoms with E-state index in [4.69, 9.17) is 14.5 Å². The Labute approximate surface area is 245 Å². The minimum Gasteiger partial charge on any atom is -0.494 e. The van der Waals surface area contributed by atoms with Crippen molar-refractivity contribution >= 4 is 16.8 Å². The van der Waals surface area contributed by atoms with Gasteiger partial charge in [0.15, 0.2) is 5.75 Å². The van der Waals surface area contributed by atoms with Gasteiger partial charge < -0.3 is 24.5 Å². The Morgan fingerprint density at radius 3 is 2.72 bits per heavy atom. The van der Waals surface area contributed by atoms with Crippen LogP contribution in [0.4, 0.5) is 4.39 Å². The van der Waals surface area contributed by atoms with Gasteiger partial charge in [0.2, 0.25) is 0 Å². The van der Waals surface area contributed by atoms with Crippen LogP contribution < -0.4 is 14.8 Å². The van der Waals surface area contributed by atoms with Crippen LogP contribution in [-0.4, -0.2) is 55.5 Å². The fourth-order valence-electron chi connectivity index (χ4n) is 6.37. The van der Waals surface area contributed by atoms with Gasteiger partial charge in [-0.3, -0.25) is 9.78 Å². The maximum Gasteiger partial charge on any atom is 0.251 e. The summed E-state index contributed by atoms with van der Waals surface area (Å²) in [4.78, 5) is 22.8. The maximum atomic E-state index is 13.9. The molecule has 8 rings (SSSR count). The molecule has 3 aliphatic rings. The quantitative estimate of drug-likeness (QED) is 0.284. The summed E-state index contributed by atoms with van der Waals surface area (Å²) >= 11 is 0. The number of nitrogens with zero attached hydrogens (tertiary/aromatic N) is 5. The van der Waals surface area contributed by atoms with E-state index in [1.165, 1.54) is 19.2 Å². The van der Waals surface area contributed by atoms with Gasteiger partial charge >= 0.3 is 0 Å². The second-order valence-electron chi connectivity index (χ2n) is 11.5. The number of methoxy groups -OCH3 is 1. The van der Waals surface area contributed by atoms with Crippen LogP contribution in [0.25, 0.3) is 22.2 Å². The number of rotatable bonds is 8. The van der Waals surface area contributed by atoms with Crippen LogP contribution in [0.2, 0.25) is 0 Å². The normalized spacial score (nSPS) is 21.4. The highest BCUT2D eigenvalue weighted by Gasteiger charge is 2.66. The van der Waals surface area contributed by atoms with E-state index in [0.717, 1.165) is 30.2 Å². The highest BCUT2D eigenvalue weighted by molar-refractivity contribution is 5.99. The summed E-state index contributed by atoms with van der Waals surface area (Å²) in [6.07, 6.45) is 7.17. The molecule has 2 aliphatic carbocycles. The molecule has 0 saturated heterocycles. The lowest BCUT2D eigenvalue weighted by Gasteiger charge is -2.30. The van der Waals surface area contributed by atoms with E-state index in [2.05, 4.69) is 20.5 Å². The molecule has 10 nitrogen and oxygen atoms in total. The van der Waals surface area contributed by atoms with Gasteiger partial charge in [-0.25, -0.2) is 9.37 Å². The molecular weight excluding hydrogens is 551 g/mol. The molecule has 2 unspecified atom stereocenters. The summed E-state index contributed by atoms with van der Waals surface area (Å²) < 4.78 is 27.7. The van der Waals surface area contributed by atoms with E-state index in [9.17, 15) is 14.3 Å². The molecule has 43 heavy (non-hydrogen) atoms. The Morgan fingerprint density at radius 1 is 1.19 bits per heavy atom. The molecule has 1 amide bonds. The third kappa shape index (κ3) is 3.98. The first-order valence-corrected chi connectivity index (χ1v) is 14.2. The average Bonchev–Trinajstić information content (AvgIpc) is 3.93. The van der Waals surface area contributed by atoms with Crippen LogP contribution in [0, 0.1) is 11.7 Å². The van der Waals surface area contributed by atoms with Crippen molar-refractivity contribution in [1.82, 2.24) is 30.0 Å². The number of ether oxygens (including phenoxy) is 2. The zero-order valence-electron chi connectivity index (χ0n) is 23.2. The topological polar surface area (TPSA) is 124 Å².